The maximum Gasteiger partial charge on any atom is 0.321 e. The van der Waals surface area contributed by atoms with Gasteiger partial charge in [0.2, 0.25) is 0 Å². The van der Waals surface area contributed by atoms with Crippen molar-refractivity contribution in [1.29, 1.82) is 0 Å². The van der Waals surface area contributed by atoms with E-state index in [0.29, 0.717) is 6.61 Å². The van der Waals surface area contributed by atoms with Gasteiger partial charge in [0.05, 0.1) is 11.4 Å². The predicted molar refractivity (Wildman–Crippen MR) is 76.7 cm³/mol. The second-order valence-corrected chi connectivity index (χ2v) is 5.71. The topological polar surface area (TPSA) is 26.3 Å². The van der Waals surface area contributed by atoms with Crippen LogP contribution in [0.1, 0.15) is 30.2 Å². The molecule has 17 heavy (non-hydrogen) atoms. The summed E-state index contributed by atoms with van der Waals surface area (Å²) < 4.78 is 5.17. The van der Waals surface area contributed by atoms with Gasteiger partial charge < -0.3 is 4.74 Å². The molecule has 0 spiro atoms. The zero-order chi connectivity index (χ0) is 12.7. The van der Waals surface area contributed by atoms with E-state index in [-0.39, 0.29) is 15.6 Å². The van der Waals surface area contributed by atoms with Crippen molar-refractivity contribution in [3.05, 3.63) is 35.9 Å². The highest BCUT2D eigenvalue weighted by Gasteiger charge is 2.26. The summed E-state index contributed by atoms with van der Waals surface area (Å²) in [6.07, 6.45) is 1.93. The van der Waals surface area contributed by atoms with Crippen LogP contribution in [-0.2, 0) is 9.53 Å². The number of hydrogen-bond donors (Lipinski definition) is 0. The zero-order valence-corrected chi connectivity index (χ0v) is 12.9. The molecule has 0 fully saturated rings. The molecule has 0 aliphatic carbocycles. The largest absolute Gasteiger partial charge is 0.465 e. The SMILES string of the molecule is CCCCOC(=O)[C@H](Br)[C@@H](Br)c1ccccc1. The van der Waals surface area contributed by atoms with Crippen LogP contribution in [0.4, 0.5) is 0 Å². The minimum Gasteiger partial charge on any atom is -0.465 e. The summed E-state index contributed by atoms with van der Waals surface area (Å²) in [4.78, 5) is 11.3. The summed E-state index contributed by atoms with van der Waals surface area (Å²) in [7, 11) is 0. The summed E-state index contributed by atoms with van der Waals surface area (Å²) in [5.74, 6) is -0.218. The van der Waals surface area contributed by atoms with Gasteiger partial charge in [-0.05, 0) is 12.0 Å². The molecule has 0 aliphatic rings. The molecule has 1 aromatic carbocycles. The molecular formula is C13H16Br2O2. The van der Waals surface area contributed by atoms with Crippen LogP contribution in [0.25, 0.3) is 0 Å². The normalized spacial score (nSPS) is 14.1. The van der Waals surface area contributed by atoms with Crippen LogP contribution in [-0.4, -0.2) is 17.4 Å². The lowest BCUT2D eigenvalue weighted by Crippen LogP contribution is -2.22. The summed E-state index contributed by atoms with van der Waals surface area (Å²) in [6.45, 7) is 2.56. The molecule has 0 unspecified atom stereocenters. The van der Waals surface area contributed by atoms with E-state index in [1.54, 1.807) is 0 Å². The van der Waals surface area contributed by atoms with Gasteiger partial charge in [0, 0.05) is 0 Å². The molecule has 0 radical (unpaired) electrons. The second-order valence-electron chi connectivity index (χ2n) is 3.74. The first-order chi connectivity index (χ1) is 8.16. The first kappa shape index (κ1) is 14.7. The third-order valence-corrected chi connectivity index (χ3v) is 5.01. The van der Waals surface area contributed by atoms with Crippen molar-refractivity contribution < 1.29 is 9.53 Å². The van der Waals surface area contributed by atoms with Crippen LogP contribution in [0, 0.1) is 0 Å². The van der Waals surface area contributed by atoms with Crippen molar-refractivity contribution >= 4 is 37.8 Å². The number of carbonyl (C=O) groups excluding carboxylic acids is 1. The number of halogens is 2. The highest BCUT2D eigenvalue weighted by Crippen LogP contribution is 2.31. The number of alkyl halides is 2. The Morgan fingerprint density at radius 3 is 2.53 bits per heavy atom. The van der Waals surface area contributed by atoms with Crippen LogP contribution in [0.3, 0.4) is 0 Å². The molecule has 0 amide bonds. The number of rotatable bonds is 6. The molecule has 0 aromatic heterocycles. The third kappa shape index (κ3) is 4.80. The number of hydrogen-bond acceptors (Lipinski definition) is 2. The molecule has 0 N–H and O–H groups in total. The number of ether oxygens (including phenoxy) is 1. The Labute approximate surface area is 119 Å². The fraction of sp³-hybridized carbons (Fsp3) is 0.462. The van der Waals surface area contributed by atoms with E-state index in [4.69, 9.17) is 4.74 Å². The van der Waals surface area contributed by atoms with E-state index >= 15 is 0 Å². The van der Waals surface area contributed by atoms with E-state index < -0.39 is 0 Å². The summed E-state index contributed by atoms with van der Waals surface area (Å²) in [6, 6.07) is 9.81. The van der Waals surface area contributed by atoms with Crippen LogP contribution in [0.5, 0.6) is 0 Å². The lowest BCUT2D eigenvalue weighted by atomic mass is 10.1. The molecule has 94 valence electrons. The first-order valence-corrected chi connectivity index (χ1v) is 7.49. The highest BCUT2D eigenvalue weighted by molar-refractivity contribution is 9.12. The Morgan fingerprint density at radius 2 is 1.94 bits per heavy atom. The monoisotopic (exact) mass is 362 g/mol. The van der Waals surface area contributed by atoms with Crippen LogP contribution >= 0.6 is 31.9 Å². The number of unbranched alkanes of at least 4 members (excludes halogenated alkanes) is 1. The molecule has 2 atom stereocenters. The molecular weight excluding hydrogens is 348 g/mol. The van der Waals surface area contributed by atoms with Gasteiger partial charge in [-0.3, -0.25) is 4.79 Å². The molecule has 0 saturated heterocycles. The van der Waals surface area contributed by atoms with E-state index in [1.807, 2.05) is 30.3 Å². The Morgan fingerprint density at radius 1 is 1.29 bits per heavy atom. The maximum atomic E-state index is 11.7. The Kier molecular flexibility index (Phi) is 6.82. The Hall–Kier alpha value is -0.350. The van der Waals surface area contributed by atoms with Gasteiger partial charge in [-0.2, -0.15) is 0 Å². The van der Waals surface area contributed by atoms with Crippen molar-refractivity contribution in [2.75, 3.05) is 6.61 Å². The predicted octanol–water partition coefficient (Wildman–Crippen LogP) is 4.23. The molecule has 1 rings (SSSR count). The Bertz CT molecular complexity index is 341. The van der Waals surface area contributed by atoms with Crippen LogP contribution < -0.4 is 0 Å². The fourth-order valence-corrected chi connectivity index (χ4v) is 2.28. The molecule has 0 saturated carbocycles. The number of esters is 1. The van der Waals surface area contributed by atoms with E-state index in [0.717, 1.165) is 18.4 Å². The third-order valence-electron chi connectivity index (χ3n) is 2.34. The van der Waals surface area contributed by atoms with E-state index in [2.05, 4.69) is 38.8 Å². The first-order valence-electron chi connectivity index (χ1n) is 5.66. The van der Waals surface area contributed by atoms with Gasteiger partial charge in [-0.15, -0.1) is 0 Å². The smallest absolute Gasteiger partial charge is 0.321 e. The average molecular weight is 364 g/mol. The molecule has 1 aromatic rings. The van der Waals surface area contributed by atoms with E-state index in [1.165, 1.54) is 0 Å². The molecule has 0 bridgehead atoms. The Balaban J connectivity index is 2.51. The van der Waals surface area contributed by atoms with Crippen LogP contribution in [0.2, 0.25) is 0 Å². The molecule has 2 nitrogen and oxygen atoms in total. The fourth-order valence-electron chi connectivity index (χ4n) is 1.32. The van der Waals surface area contributed by atoms with Gasteiger partial charge in [-0.1, -0.05) is 75.5 Å². The average Bonchev–Trinajstić information content (AvgIpc) is 2.38. The molecule has 0 aliphatic heterocycles. The van der Waals surface area contributed by atoms with Crippen molar-refractivity contribution in [2.24, 2.45) is 0 Å². The van der Waals surface area contributed by atoms with Crippen LogP contribution in [0.15, 0.2) is 30.3 Å². The number of benzene rings is 1. The maximum absolute atomic E-state index is 11.7. The summed E-state index contributed by atoms with van der Waals surface area (Å²) >= 11 is 6.89. The molecule has 4 heteroatoms. The minimum absolute atomic E-state index is 0.0715. The van der Waals surface area contributed by atoms with Crippen molar-refractivity contribution in [2.45, 2.75) is 29.4 Å². The van der Waals surface area contributed by atoms with Gasteiger partial charge >= 0.3 is 5.97 Å². The van der Waals surface area contributed by atoms with Gasteiger partial charge in [-0.25, -0.2) is 0 Å². The number of carbonyl (C=O) groups is 1. The molecule has 0 heterocycles. The zero-order valence-electron chi connectivity index (χ0n) is 9.74. The summed E-state index contributed by atoms with van der Waals surface area (Å²) in [5, 5.41) is 0. The van der Waals surface area contributed by atoms with E-state index in [9.17, 15) is 4.79 Å². The van der Waals surface area contributed by atoms with Gasteiger partial charge in [0.1, 0.15) is 4.83 Å². The lowest BCUT2D eigenvalue weighted by molar-refractivity contribution is -0.142. The minimum atomic E-state index is -0.359. The van der Waals surface area contributed by atoms with Crippen molar-refractivity contribution in [3.63, 3.8) is 0 Å². The van der Waals surface area contributed by atoms with Gasteiger partial charge in [0.15, 0.2) is 0 Å². The standard InChI is InChI=1S/C13H16Br2O2/c1-2-3-9-17-13(16)12(15)11(14)10-7-5-4-6-8-10/h4-8,11-12H,2-3,9H2,1H3/t11-,12+/m0/s1. The lowest BCUT2D eigenvalue weighted by Gasteiger charge is -2.16. The highest BCUT2D eigenvalue weighted by atomic mass is 79.9. The summed E-state index contributed by atoms with van der Waals surface area (Å²) in [5.41, 5.74) is 1.06. The quantitative estimate of drug-likeness (QED) is 0.429. The van der Waals surface area contributed by atoms with Gasteiger partial charge in [0.25, 0.3) is 0 Å². The second kappa shape index (κ2) is 7.88. The van der Waals surface area contributed by atoms with Crippen molar-refractivity contribution in [3.8, 4) is 0 Å². The van der Waals surface area contributed by atoms with Crippen molar-refractivity contribution in [1.82, 2.24) is 0 Å².